The predicted molar refractivity (Wildman–Crippen MR) is 98.6 cm³/mol. The fourth-order valence-electron chi connectivity index (χ4n) is 1.90. The van der Waals surface area contributed by atoms with Gasteiger partial charge in [0.05, 0.1) is 13.2 Å². The normalized spacial score (nSPS) is 7.91. The molecule has 0 atom stereocenters. The van der Waals surface area contributed by atoms with Crippen molar-refractivity contribution in [2.75, 3.05) is 13.2 Å². The van der Waals surface area contributed by atoms with E-state index >= 15 is 0 Å². The van der Waals surface area contributed by atoms with Crippen molar-refractivity contribution in [1.82, 2.24) is 0 Å². The first kappa shape index (κ1) is 27.4. The van der Waals surface area contributed by atoms with Crippen molar-refractivity contribution in [1.29, 1.82) is 0 Å². The maximum absolute atomic E-state index is 8.97. The molecule has 126 valence electrons. The largest absolute Gasteiger partial charge is 0.126 e. The Hall–Kier alpha value is -0.459. The van der Waals surface area contributed by atoms with Gasteiger partial charge in [0, 0.05) is 0 Å². The van der Waals surface area contributed by atoms with Crippen LogP contribution < -0.4 is 0 Å². The van der Waals surface area contributed by atoms with E-state index in [1.807, 2.05) is 0 Å². The summed E-state index contributed by atoms with van der Waals surface area (Å²) in [5, 5.41) is 20.6. The molecule has 2 N–H and O–H groups in total. The Bertz CT molecular complexity index is 645. The van der Waals surface area contributed by atoms with Crippen molar-refractivity contribution in [2.45, 2.75) is 0 Å². The summed E-state index contributed by atoms with van der Waals surface area (Å²) in [4.78, 5) is 0. The van der Waals surface area contributed by atoms with Crippen molar-refractivity contribution in [3.8, 4) is 0 Å². The van der Waals surface area contributed by atoms with E-state index in [2.05, 4.69) is 62.2 Å². The number of aliphatic hydroxyl groups is 2. The molecule has 0 unspecified atom stereocenters. The maximum Gasteiger partial charge on any atom is -0.0771 e. The Morgan fingerprint density at radius 1 is 0.870 bits per heavy atom. The van der Waals surface area contributed by atoms with Gasteiger partial charge in [-0.25, -0.2) is 0 Å². The van der Waals surface area contributed by atoms with Crippen LogP contribution in [0.25, 0.3) is 21.5 Å². The van der Waals surface area contributed by atoms with Gasteiger partial charge >= 0.3 is 28.8 Å². The fraction of sp³-hybridized carbons (Fsp3) is 0.125. The molecule has 0 saturated carbocycles. The number of benzene rings is 2. The third kappa shape index (κ3) is 8.82. The average molecular weight is 407 g/mol. The van der Waals surface area contributed by atoms with E-state index in [-0.39, 0.29) is 45.5 Å². The van der Waals surface area contributed by atoms with Gasteiger partial charge in [0.15, 0.2) is 0 Å². The summed E-state index contributed by atoms with van der Waals surface area (Å²) < 4.78 is 8.97. The van der Waals surface area contributed by atoms with E-state index in [1.165, 1.54) is 21.5 Å². The molecule has 23 heavy (non-hydrogen) atoms. The molecule has 0 amide bonds. The zero-order chi connectivity index (χ0) is 14.8. The molecule has 7 heteroatoms. The van der Waals surface area contributed by atoms with Crippen LogP contribution in [0.3, 0.4) is 0 Å². The summed E-state index contributed by atoms with van der Waals surface area (Å²) in [6.45, 7) is -0.250. The van der Waals surface area contributed by atoms with Crippen molar-refractivity contribution in [3.05, 3.63) is 62.0 Å². The van der Waals surface area contributed by atoms with E-state index in [0.29, 0.717) is 0 Å². The molecule has 0 saturated heterocycles. The Morgan fingerprint density at radius 3 is 1.48 bits per heavy atom. The van der Waals surface area contributed by atoms with Crippen LogP contribution in [0.1, 0.15) is 0 Å². The van der Waals surface area contributed by atoms with Gasteiger partial charge in [-0.15, -0.1) is 64.6 Å². The zero-order valence-electron chi connectivity index (χ0n) is 12.7. The maximum atomic E-state index is 8.97. The van der Waals surface area contributed by atoms with Crippen LogP contribution >= 0.6 is 24.8 Å². The second kappa shape index (κ2) is 16.4. The molecule has 0 aliphatic heterocycles. The van der Waals surface area contributed by atoms with Crippen LogP contribution in [0.5, 0.6) is 0 Å². The Labute approximate surface area is 160 Å². The number of halogens is 2. The minimum atomic E-state index is -0.944. The molecule has 3 rings (SSSR count). The monoisotopic (exact) mass is 406 g/mol. The van der Waals surface area contributed by atoms with E-state index in [1.54, 1.807) is 0 Å². The molecule has 3 nitrogen and oxygen atoms in total. The molecule has 0 spiro atoms. The van der Waals surface area contributed by atoms with Gasteiger partial charge in [0.25, 0.3) is 0 Å². The third-order valence-corrected chi connectivity index (χ3v) is 2.62. The van der Waals surface area contributed by atoms with Gasteiger partial charge in [-0.05, 0) is 0 Å². The molecular formula is C16H20Cl2O3SiTi-2. The molecule has 0 aliphatic rings. The molecule has 0 aliphatic carbocycles. The first-order chi connectivity index (χ1) is 9.78. The zero-order valence-corrected chi connectivity index (χ0v) is 16.9. The molecule has 0 bridgehead atoms. The van der Waals surface area contributed by atoms with Crippen LogP contribution in [0.2, 0.25) is 0 Å². The van der Waals surface area contributed by atoms with Gasteiger partial charge < -0.3 is 17.6 Å². The number of hydrogen-bond donors (Lipinski definition) is 2. The van der Waals surface area contributed by atoms with Crippen molar-refractivity contribution in [2.24, 2.45) is 0 Å². The molecule has 0 heterocycles. The Kier molecular flexibility index (Phi) is 19.5. The number of aliphatic hydroxyl groups excluding tert-OH is 2. The van der Waals surface area contributed by atoms with E-state index < -0.39 is 17.9 Å². The summed E-state index contributed by atoms with van der Waals surface area (Å²) in [5.74, 6) is 0. The van der Waals surface area contributed by atoms with Crippen LogP contribution in [-0.2, 0) is 21.2 Å². The Morgan fingerprint density at radius 2 is 1.17 bits per heavy atom. The van der Waals surface area contributed by atoms with Crippen molar-refractivity contribution < 1.29 is 31.4 Å². The SMILES string of the molecule is Cl.Cl.OCCO.[CH3-].[O]=[Ti]=[Si].c1ccc2c(c1)[cH-]c1ccccc12. The van der Waals surface area contributed by atoms with Crippen LogP contribution in [-0.4, -0.2) is 31.1 Å². The topological polar surface area (TPSA) is 57.5 Å². The smallest absolute Gasteiger partial charge is 0.0771 e. The molecular weight excluding hydrogens is 387 g/mol. The van der Waals surface area contributed by atoms with E-state index in [0.717, 1.165) is 0 Å². The van der Waals surface area contributed by atoms with Gasteiger partial charge in [0.1, 0.15) is 0 Å². The van der Waals surface area contributed by atoms with Crippen LogP contribution in [0.4, 0.5) is 0 Å². The first-order valence-electron chi connectivity index (χ1n) is 6.07. The quantitative estimate of drug-likeness (QED) is 0.480. The van der Waals surface area contributed by atoms with E-state index in [4.69, 9.17) is 13.5 Å². The minimum Gasteiger partial charge on any atom is -0.126 e. The number of rotatable bonds is 1. The second-order valence-corrected chi connectivity index (χ2v) is 5.03. The molecule has 2 radical (unpaired) electrons. The standard InChI is InChI=1S/C13H9.C2H6O2.CH3.2ClH.O.Si.Ti/c1-3-7-12-10(5-1)9-11-6-2-4-8-13(11)12;3-1-2-4;;;;;;/h1-9H;3-4H,1-2H2;1H3;2*1H;;;/q-1;;-1;;;;;. The predicted octanol–water partition coefficient (Wildman–Crippen LogP) is 3.47. The molecule has 0 aromatic heterocycles. The fourth-order valence-corrected chi connectivity index (χ4v) is 1.90. The first-order valence-corrected chi connectivity index (χ1v) is 9.55. The Balaban J connectivity index is -0.000000352. The summed E-state index contributed by atoms with van der Waals surface area (Å²) in [6, 6.07) is 19.3. The van der Waals surface area contributed by atoms with Gasteiger partial charge in [-0.1, -0.05) is 36.4 Å². The van der Waals surface area contributed by atoms with Crippen LogP contribution in [0, 0.1) is 7.43 Å². The second-order valence-electron chi connectivity index (χ2n) is 3.87. The van der Waals surface area contributed by atoms with Gasteiger partial charge in [-0.2, -0.15) is 0 Å². The molecule has 3 aromatic rings. The van der Waals surface area contributed by atoms with Gasteiger partial charge in [-0.3, -0.25) is 0 Å². The third-order valence-electron chi connectivity index (χ3n) is 2.62. The van der Waals surface area contributed by atoms with Crippen molar-refractivity contribution >= 4 is 54.0 Å². The summed E-state index contributed by atoms with van der Waals surface area (Å²) in [6.07, 6.45) is 0. The summed E-state index contributed by atoms with van der Waals surface area (Å²) in [5.41, 5.74) is 0. The molecule has 3 aromatic carbocycles. The minimum absolute atomic E-state index is 0. The molecule has 0 fully saturated rings. The van der Waals surface area contributed by atoms with Crippen molar-refractivity contribution in [3.63, 3.8) is 0 Å². The summed E-state index contributed by atoms with van der Waals surface area (Å²) >= 11 is -0.944. The average Bonchev–Trinajstić information content (AvgIpc) is 2.87. The number of fused-ring (bicyclic) bond motifs is 3. The van der Waals surface area contributed by atoms with Crippen LogP contribution in [0.15, 0.2) is 54.6 Å². The summed E-state index contributed by atoms with van der Waals surface area (Å²) in [7, 11) is 2.75. The van der Waals surface area contributed by atoms with Gasteiger partial charge in [0.2, 0.25) is 0 Å². The van der Waals surface area contributed by atoms with E-state index in [9.17, 15) is 0 Å². The number of hydrogen-bond acceptors (Lipinski definition) is 3.